The second-order valence-corrected chi connectivity index (χ2v) is 5.13. The number of hydrogen-bond acceptors (Lipinski definition) is 4. The van der Waals surface area contributed by atoms with Gasteiger partial charge in [0.05, 0.1) is 12.8 Å². The van der Waals surface area contributed by atoms with E-state index in [0.717, 1.165) is 50.1 Å². The third-order valence-corrected chi connectivity index (χ3v) is 3.58. The van der Waals surface area contributed by atoms with Crippen molar-refractivity contribution < 1.29 is 9.15 Å². The van der Waals surface area contributed by atoms with Crippen LogP contribution in [0.5, 0.6) is 0 Å². The second kappa shape index (κ2) is 6.90. The fourth-order valence-electron chi connectivity index (χ4n) is 2.14. The number of ether oxygens (including phenoxy) is 1. The highest BCUT2D eigenvalue weighted by Crippen LogP contribution is 2.42. The van der Waals surface area contributed by atoms with Crippen LogP contribution in [0, 0.1) is 5.92 Å². The summed E-state index contributed by atoms with van der Waals surface area (Å²) in [5.41, 5.74) is 0. The van der Waals surface area contributed by atoms with Crippen LogP contribution in [-0.2, 0) is 11.2 Å². The zero-order valence-corrected chi connectivity index (χ0v) is 11.4. The van der Waals surface area contributed by atoms with E-state index in [1.165, 1.54) is 12.8 Å². The van der Waals surface area contributed by atoms with Crippen LogP contribution in [0.2, 0.25) is 0 Å². The summed E-state index contributed by atoms with van der Waals surface area (Å²) < 4.78 is 10.8. The lowest BCUT2D eigenvalue weighted by Crippen LogP contribution is -2.20. The lowest BCUT2D eigenvalue weighted by molar-refractivity contribution is 0.199. The summed E-state index contributed by atoms with van der Waals surface area (Å²) in [5.74, 6) is 3.33. The van der Waals surface area contributed by atoms with Crippen LogP contribution >= 0.6 is 0 Å². The smallest absolute Gasteiger partial charge is 0.194 e. The van der Waals surface area contributed by atoms with E-state index in [2.05, 4.69) is 17.2 Å². The number of aromatic nitrogens is 1. The van der Waals surface area contributed by atoms with Crippen molar-refractivity contribution >= 4 is 0 Å². The van der Waals surface area contributed by atoms with Gasteiger partial charge in [-0.1, -0.05) is 6.92 Å². The normalized spacial score (nSPS) is 17.0. The Morgan fingerprint density at radius 3 is 3.06 bits per heavy atom. The number of rotatable bonds is 9. The molecule has 0 amide bonds. The second-order valence-electron chi connectivity index (χ2n) is 5.13. The monoisotopic (exact) mass is 252 g/mol. The quantitative estimate of drug-likeness (QED) is 0.685. The third kappa shape index (κ3) is 4.10. The molecular weight excluding hydrogens is 228 g/mol. The van der Waals surface area contributed by atoms with E-state index in [1.54, 1.807) is 7.11 Å². The largest absolute Gasteiger partial charge is 0.445 e. The zero-order valence-electron chi connectivity index (χ0n) is 11.4. The van der Waals surface area contributed by atoms with Gasteiger partial charge in [-0.15, -0.1) is 0 Å². The maximum absolute atomic E-state index is 5.81. The summed E-state index contributed by atoms with van der Waals surface area (Å²) in [7, 11) is 1.72. The van der Waals surface area contributed by atoms with Crippen molar-refractivity contribution in [1.82, 2.24) is 10.3 Å². The van der Waals surface area contributed by atoms with Crippen LogP contribution in [-0.4, -0.2) is 31.8 Å². The standard InChI is InChI=1S/C14H24N2O2/c1-11(12-5-6-12)13-10-16-14(18-13)4-3-7-15-8-9-17-2/h10-12,15H,3-9H2,1-2H3. The Balaban J connectivity index is 1.64. The van der Waals surface area contributed by atoms with Crippen molar-refractivity contribution in [3.63, 3.8) is 0 Å². The summed E-state index contributed by atoms with van der Waals surface area (Å²) in [6.45, 7) is 4.90. The molecule has 1 saturated carbocycles. The van der Waals surface area contributed by atoms with Gasteiger partial charge in [-0.05, 0) is 31.7 Å². The Kier molecular flexibility index (Phi) is 5.20. The predicted octanol–water partition coefficient (Wildman–Crippen LogP) is 2.36. The Bertz CT molecular complexity index is 347. The Morgan fingerprint density at radius 2 is 2.33 bits per heavy atom. The number of nitrogens with one attached hydrogen (secondary N) is 1. The molecule has 0 saturated heterocycles. The third-order valence-electron chi connectivity index (χ3n) is 3.58. The molecule has 4 heteroatoms. The molecular formula is C14H24N2O2. The van der Waals surface area contributed by atoms with Crippen LogP contribution in [0.3, 0.4) is 0 Å². The van der Waals surface area contributed by atoms with Crippen molar-refractivity contribution in [1.29, 1.82) is 0 Å². The molecule has 1 heterocycles. The maximum atomic E-state index is 5.81. The lowest BCUT2D eigenvalue weighted by Gasteiger charge is -2.04. The highest BCUT2D eigenvalue weighted by molar-refractivity contribution is 5.05. The summed E-state index contributed by atoms with van der Waals surface area (Å²) in [5, 5.41) is 3.32. The number of methoxy groups -OCH3 is 1. The summed E-state index contributed by atoms with van der Waals surface area (Å²) >= 11 is 0. The Morgan fingerprint density at radius 1 is 1.50 bits per heavy atom. The van der Waals surface area contributed by atoms with Crippen LogP contribution in [0.25, 0.3) is 0 Å². The summed E-state index contributed by atoms with van der Waals surface area (Å²) in [6.07, 6.45) is 6.58. The number of hydrogen-bond donors (Lipinski definition) is 1. The van der Waals surface area contributed by atoms with E-state index in [-0.39, 0.29) is 0 Å². The first-order chi connectivity index (χ1) is 8.81. The molecule has 18 heavy (non-hydrogen) atoms. The number of nitrogens with zero attached hydrogens (tertiary/aromatic N) is 1. The van der Waals surface area contributed by atoms with Gasteiger partial charge in [0, 0.05) is 26.0 Å². The maximum Gasteiger partial charge on any atom is 0.194 e. The summed E-state index contributed by atoms with van der Waals surface area (Å²) in [4.78, 5) is 4.36. The van der Waals surface area contributed by atoms with Gasteiger partial charge >= 0.3 is 0 Å². The van der Waals surface area contributed by atoms with Crippen LogP contribution in [0.4, 0.5) is 0 Å². The van der Waals surface area contributed by atoms with Gasteiger partial charge in [-0.25, -0.2) is 4.98 Å². The molecule has 0 radical (unpaired) electrons. The Labute approximate surface area is 109 Å². The molecule has 1 aromatic heterocycles. The van der Waals surface area contributed by atoms with Gasteiger partial charge in [0.2, 0.25) is 0 Å². The van der Waals surface area contributed by atoms with Crippen LogP contribution in [0.1, 0.15) is 43.8 Å². The first-order valence-electron chi connectivity index (χ1n) is 6.95. The van der Waals surface area contributed by atoms with Crippen LogP contribution < -0.4 is 5.32 Å². The van der Waals surface area contributed by atoms with Crippen LogP contribution in [0.15, 0.2) is 10.6 Å². The molecule has 1 aliphatic rings. The zero-order chi connectivity index (χ0) is 12.8. The highest BCUT2D eigenvalue weighted by atomic mass is 16.5. The van der Waals surface area contributed by atoms with Crippen molar-refractivity contribution in [3.05, 3.63) is 17.8 Å². The average molecular weight is 252 g/mol. The average Bonchev–Trinajstić information content (AvgIpc) is 3.12. The molecule has 0 spiro atoms. The molecule has 1 N–H and O–H groups in total. The van der Waals surface area contributed by atoms with Gasteiger partial charge in [-0.2, -0.15) is 0 Å². The minimum Gasteiger partial charge on any atom is -0.445 e. The van der Waals surface area contributed by atoms with Gasteiger partial charge < -0.3 is 14.5 Å². The topological polar surface area (TPSA) is 47.3 Å². The molecule has 102 valence electrons. The van der Waals surface area contributed by atoms with Crippen molar-refractivity contribution in [2.24, 2.45) is 5.92 Å². The molecule has 0 aliphatic heterocycles. The lowest BCUT2D eigenvalue weighted by atomic mass is 10.0. The van der Waals surface area contributed by atoms with E-state index in [9.17, 15) is 0 Å². The van der Waals surface area contributed by atoms with Gasteiger partial charge in [0.1, 0.15) is 5.76 Å². The minimum atomic E-state index is 0.547. The van der Waals surface area contributed by atoms with Crippen molar-refractivity contribution in [2.75, 3.05) is 26.8 Å². The van der Waals surface area contributed by atoms with E-state index in [0.29, 0.717) is 5.92 Å². The molecule has 0 bridgehead atoms. The Hall–Kier alpha value is -0.870. The molecule has 2 rings (SSSR count). The van der Waals surface area contributed by atoms with Gasteiger partial charge in [0.25, 0.3) is 0 Å². The molecule has 1 aliphatic carbocycles. The number of aryl methyl sites for hydroxylation is 1. The number of oxazole rings is 1. The minimum absolute atomic E-state index is 0.547. The van der Waals surface area contributed by atoms with Crippen molar-refractivity contribution in [2.45, 2.75) is 38.5 Å². The molecule has 1 aromatic rings. The van der Waals surface area contributed by atoms with Crippen molar-refractivity contribution in [3.8, 4) is 0 Å². The molecule has 0 aromatic carbocycles. The molecule has 1 atom stereocenters. The van der Waals surface area contributed by atoms with E-state index in [1.807, 2.05) is 6.20 Å². The summed E-state index contributed by atoms with van der Waals surface area (Å²) in [6, 6.07) is 0. The first kappa shape index (κ1) is 13.6. The van der Waals surface area contributed by atoms with E-state index < -0.39 is 0 Å². The first-order valence-corrected chi connectivity index (χ1v) is 6.95. The molecule has 4 nitrogen and oxygen atoms in total. The predicted molar refractivity (Wildman–Crippen MR) is 70.7 cm³/mol. The van der Waals surface area contributed by atoms with Gasteiger partial charge in [-0.3, -0.25) is 0 Å². The fraction of sp³-hybridized carbons (Fsp3) is 0.786. The fourth-order valence-corrected chi connectivity index (χ4v) is 2.14. The highest BCUT2D eigenvalue weighted by Gasteiger charge is 2.31. The van der Waals surface area contributed by atoms with E-state index in [4.69, 9.17) is 9.15 Å². The SMILES string of the molecule is COCCNCCCc1ncc(C(C)C2CC2)o1. The molecule has 1 unspecified atom stereocenters. The molecule has 1 fully saturated rings. The van der Waals surface area contributed by atoms with Gasteiger partial charge in [0.15, 0.2) is 5.89 Å². The van der Waals surface area contributed by atoms with E-state index >= 15 is 0 Å².